The van der Waals surface area contributed by atoms with Crippen LogP contribution in [0.15, 0.2) is 54.6 Å². The van der Waals surface area contributed by atoms with E-state index >= 15 is 0 Å². The molecule has 0 radical (unpaired) electrons. The highest BCUT2D eigenvalue weighted by molar-refractivity contribution is 5.70. The lowest BCUT2D eigenvalue weighted by atomic mass is 10.1. The Labute approximate surface area is 135 Å². The van der Waals surface area contributed by atoms with Crippen LogP contribution in [0.1, 0.15) is 18.4 Å². The van der Waals surface area contributed by atoms with Gasteiger partial charge >= 0.3 is 5.97 Å². The second kappa shape index (κ2) is 8.90. The average Bonchev–Trinajstić information content (AvgIpc) is 2.56. The number of carbonyl (C=O) groups is 1. The van der Waals surface area contributed by atoms with Gasteiger partial charge in [-0.15, -0.1) is 0 Å². The Morgan fingerprint density at radius 1 is 1.09 bits per heavy atom. The van der Waals surface area contributed by atoms with Crippen LogP contribution in [-0.2, 0) is 16.1 Å². The van der Waals surface area contributed by atoms with Crippen LogP contribution < -0.4 is 10.5 Å². The summed E-state index contributed by atoms with van der Waals surface area (Å²) in [5.41, 5.74) is 6.83. The van der Waals surface area contributed by atoms with Crippen molar-refractivity contribution < 1.29 is 18.7 Å². The molecule has 0 heterocycles. The van der Waals surface area contributed by atoms with Crippen molar-refractivity contribution in [2.45, 2.75) is 25.5 Å². The summed E-state index contributed by atoms with van der Waals surface area (Å²) in [4.78, 5) is 11.7. The van der Waals surface area contributed by atoms with Crippen molar-refractivity contribution in [3.05, 3.63) is 66.0 Å². The summed E-state index contributed by atoms with van der Waals surface area (Å²) in [6, 6.07) is 14.9. The third-order valence-electron chi connectivity index (χ3n) is 3.24. The minimum absolute atomic E-state index is 0.139. The number of hydrogen-bond donors (Lipinski definition) is 1. The molecule has 122 valence electrons. The lowest BCUT2D eigenvalue weighted by molar-refractivity contribution is -0.145. The van der Waals surface area contributed by atoms with Crippen molar-refractivity contribution in [1.29, 1.82) is 0 Å². The van der Waals surface area contributed by atoms with Crippen LogP contribution in [0.3, 0.4) is 0 Å². The Kier molecular flexibility index (Phi) is 6.56. The van der Waals surface area contributed by atoms with E-state index in [0.717, 1.165) is 5.56 Å². The molecular weight excluding hydrogens is 297 g/mol. The number of halogens is 1. The normalized spacial score (nSPS) is 11.7. The molecule has 0 saturated carbocycles. The number of nitrogens with two attached hydrogens (primary N) is 1. The molecule has 0 saturated heterocycles. The first-order valence-corrected chi connectivity index (χ1v) is 7.47. The van der Waals surface area contributed by atoms with Crippen LogP contribution in [0.4, 0.5) is 4.39 Å². The third-order valence-corrected chi connectivity index (χ3v) is 3.24. The monoisotopic (exact) mass is 317 g/mol. The molecule has 2 aromatic carbocycles. The molecule has 0 unspecified atom stereocenters. The first kappa shape index (κ1) is 17.0. The van der Waals surface area contributed by atoms with Gasteiger partial charge in [-0.25, -0.2) is 4.39 Å². The number of rotatable bonds is 8. The van der Waals surface area contributed by atoms with Gasteiger partial charge in [-0.2, -0.15) is 0 Å². The standard InChI is InChI=1S/C18H20FNO3/c19-15-6-8-17(9-7-15)22-11-10-16(20)12-18(21)23-13-14-4-2-1-3-5-14/h1-9,16H,10-13,20H2/t16-/m0/s1. The zero-order valence-electron chi connectivity index (χ0n) is 12.8. The number of esters is 1. The van der Waals surface area contributed by atoms with Crippen molar-refractivity contribution in [2.24, 2.45) is 5.73 Å². The second-order valence-electron chi connectivity index (χ2n) is 5.20. The van der Waals surface area contributed by atoms with Crippen LogP contribution >= 0.6 is 0 Å². The Morgan fingerprint density at radius 2 is 1.78 bits per heavy atom. The fourth-order valence-corrected chi connectivity index (χ4v) is 1.97. The van der Waals surface area contributed by atoms with Gasteiger partial charge in [0.2, 0.25) is 0 Å². The molecule has 0 amide bonds. The largest absolute Gasteiger partial charge is 0.494 e. The molecule has 0 bridgehead atoms. The summed E-state index contributed by atoms with van der Waals surface area (Å²) >= 11 is 0. The fourth-order valence-electron chi connectivity index (χ4n) is 1.97. The van der Waals surface area contributed by atoms with Gasteiger partial charge in [-0.1, -0.05) is 30.3 Å². The molecule has 0 spiro atoms. The van der Waals surface area contributed by atoms with Gasteiger partial charge in [0, 0.05) is 6.04 Å². The maximum atomic E-state index is 12.7. The van der Waals surface area contributed by atoms with E-state index in [1.54, 1.807) is 12.1 Å². The molecule has 0 aliphatic heterocycles. The zero-order valence-corrected chi connectivity index (χ0v) is 12.8. The Bertz CT molecular complexity index is 601. The molecule has 4 nitrogen and oxygen atoms in total. The molecule has 2 rings (SSSR count). The van der Waals surface area contributed by atoms with Crippen molar-refractivity contribution in [1.82, 2.24) is 0 Å². The Balaban J connectivity index is 1.63. The van der Waals surface area contributed by atoms with E-state index in [2.05, 4.69) is 0 Å². The van der Waals surface area contributed by atoms with E-state index < -0.39 is 0 Å². The quantitative estimate of drug-likeness (QED) is 0.760. The highest BCUT2D eigenvalue weighted by Crippen LogP contribution is 2.12. The van der Waals surface area contributed by atoms with Crippen molar-refractivity contribution >= 4 is 5.97 Å². The Hall–Kier alpha value is -2.40. The number of carbonyl (C=O) groups excluding carboxylic acids is 1. The van der Waals surface area contributed by atoms with Gasteiger partial charge in [0.1, 0.15) is 18.2 Å². The first-order valence-electron chi connectivity index (χ1n) is 7.47. The summed E-state index contributed by atoms with van der Waals surface area (Å²) in [6.07, 6.45) is 0.650. The summed E-state index contributed by atoms with van der Waals surface area (Å²) in [7, 11) is 0. The molecule has 1 atom stereocenters. The lowest BCUT2D eigenvalue weighted by Gasteiger charge is -2.12. The van der Waals surface area contributed by atoms with Crippen LogP contribution in [0.25, 0.3) is 0 Å². The summed E-state index contributed by atoms with van der Waals surface area (Å²) in [5.74, 6) is -0.0661. The van der Waals surface area contributed by atoms with Crippen molar-refractivity contribution in [2.75, 3.05) is 6.61 Å². The van der Waals surface area contributed by atoms with Gasteiger partial charge in [-0.3, -0.25) is 4.79 Å². The highest BCUT2D eigenvalue weighted by Gasteiger charge is 2.11. The van der Waals surface area contributed by atoms with Crippen molar-refractivity contribution in [3.63, 3.8) is 0 Å². The predicted molar refractivity (Wildman–Crippen MR) is 85.3 cm³/mol. The Morgan fingerprint density at radius 3 is 2.48 bits per heavy atom. The van der Waals surface area contributed by atoms with Crippen LogP contribution in [0.2, 0.25) is 0 Å². The van der Waals surface area contributed by atoms with Gasteiger partial charge in [-0.05, 0) is 36.2 Å². The molecule has 2 N–H and O–H groups in total. The predicted octanol–water partition coefficient (Wildman–Crippen LogP) is 3.06. The minimum Gasteiger partial charge on any atom is -0.494 e. The van der Waals surface area contributed by atoms with Gasteiger partial charge < -0.3 is 15.2 Å². The smallest absolute Gasteiger partial charge is 0.307 e. The fraction of sp³-hybridized carbons (Fsp3) is 0.278. The van der Waals surface area contributed by atoms with Gasteiger partial charge in [0.05, 0.1) is 13.0 Å². The average molecular weight is 317 g/mol. The molecule has 23 heavy (non-hydrogen) atoms. The highest BCUT2D eigenvalue weighted by atomic mass is 19.1. The molecular formula is C18H20FNO3. The lowest BCUT2D eigenvalue weighted by Crippen LogP contribution is -2.27. The summed E-state index contributed by atoms with van der Waals surface area (Å²) < 4.78 is 23.4. The summed E-state index contributed by atoms with van der Waals surface area (Å²) in [6.45, 7) is 0.608. The summed E-state index contributed by atoms with van der Waals surface area (Å²) in [5, 5.41) is 0. The number of benzene rings is 2. The molecule has 0 aromatic heterocycles. The molecule has 0 fully saturated rings. The van der Waals surface area contributed by atoms with E-state index in [0.29, 0.717) is 18.8 Å². The van der Waals surface area contributed by atoms with E-state index in [-0.39, 0.29) is 30.9 Å². The van der Waals surface area contributed by atoms with Gasteiger partial charge in [0.25, 0.3) is 0 Å². The van der Waals surface area contributed by atoms with Gasteiger partial charge in [0.15, 0.2) is 0 Å². The van der Waals surface area contributed by atoms with E-state index in [9.17, 15) is 9.18 Å². The molecule has 5 heteroatoms. The van der Waals surface area contributed by atoms with Crippen LogP contribution in [-0.4, -0.2) is 18.6 Å². The van der Waals surface area contributed by atoms with E-state index in [4.69, 9.17) is 15.2 Å². The number of ether oxygens (including phenoxy) is 2. The third kappa shape index (κ3) is 6.48. The maximum absolute atomic E-state index is 12.7. The molecule has 0 aliphatic rings. The second-order valence-corrected chi connectivity index (χ2v) is 5.20. The van der Waals surface area contributed by atoms with Crippen LogP contribution in [0, 0.1) is 5.82 Å². The molecule has 2 aromatic rings. The molecule has 0 aliphatic carbocycles. The van der Waals surface area contributed by atoms with E-state index in [1.807, 2.05) is 30.3 Å². The minimum atomic E-state index is -0.335. The van der Waals surface area contributed by atoms with Crippen molar-refractivity contribution in [3.8, 4) is 5.75 Å². The topological polar surface area (TPSA) is 61.5 Å². The maximum Gasteiger partial charge on any atom is 0.307 e. The SMILES string of the molecule is N[C@@H](CCOc1ccc(F)cc1)CC(=O)OCc1ccccc1. The first-order chi connectivity index (χ1) is 11.1. The number of hydrogen-bond acceptors (Lipinski definition) is 4. The zero-order chi connectivity index (χ0) is 16.5. The van der Waals surface area contributed by atoms with E-state index in [1.165, 1.54) is 12.1 Å². The van der Waals surface area contributed by atoms with Crippen LogP contribution in [0.5, 0.6) is 5.75 Å².